The van der Waals surface area contributed by atoms with Gasteiger partial charge in [0.25, 0.3) is 0 Å². The average molecular weight is 216 g/mol. The van der Waals surface area contributed by atoms with Crippen LogP contribution in [0.2, 0.25) is 0 Å². The van der Waals surface area contributed by atoms with Crippen molar-refractivity contribution in [2.45, 2.75) is 31.2 Å². The largest absolute Gasteiger partial charge is 0.383 e. The molecule has 0 atom stereocenters. The first-order valence-corrected chi connectivity index (χ1v) is 6.43. The highest BCUT2D eigenvalue weighted by atomic mass is 15.3. The van der Waals surface area contributed by atoms with E-state index in [0.29, 0.717) is 5.54 Å². The molecule has 0 radical (unpaired) electrons. The molecule has 0 saturated carbocycles. The predicted octanol–water partition coefficient (Wildman–Crippen LogP) is 2.73. The molecule has 0 amide bonds. The molecule has 0 spiro atoms. The molecule has 16 heavy (non-hydrogen) atoms. The monoisotopic (exact) mass is 216 g/mol. The van der Waals surface area contributed by atoms with Gasteiger partial charge in [0.05, 0.1) is 0 Å². The molecular weight excluding hydrogens is 196 g/mol. The van der Waals surface area contributed by atoms with Crippen molar-refractivity contribution in [2.24, 2.45) is 0 Å². The van der Waals surface area contributed by atoms with E-state index in [9.17, 15) is 0 Å². The van der Waals surface area contributed by atoms with Crippen LogP contribution in [0.3, 0.4) is 0 Å². The highest BCUT2D eigenvalue weighted by molar-refractivity contribution is 5.43. The zero-order chi connectivity index (χ0) is 10.8. The molecule has 2 heterocycles. The third-order valence-electron chi connectivity index (χ3n) is 4.21. The van der Waals surface area contributed by atoms with E-state index in [-0.39, 0.29) is 0 Å². The summed E-state index contributed by atoms with van der Waals surface area (Å²) in [5.74, 6) is 0. The lowest BCUT2D eigenvalue weighted by atomic mass is 9.94. The number of para-hydroxylation sites is 1. The topological polar surface area (TPSA) is 15.3 Å². The Kier molecular flexibility index (Phi) is 2.60. The van der Waals surface area contributed by atoms with Crippen molar-refractivity contribution < 1.29 is 0 Å². The second-order valence-corrected chi connectivity index (χ2v) is 5.14. The van der Waals surface area contributed by atoms with Crippen LogP contribution < -0.4 is 5.32 Å². The molecule has 2 aliphatic heterocycles. The maximum Gasteiger partial charge on any atom is 0.0382 e. The molecule has 0 bridgehead atoms. The molecule has 1 N–H and O–H groups in total. The van der Waals surface area contributed by atoms with Gasteiger partial charge in [0.15, 0.2) is 0 Å². The van der Waals surface area contributed by atoms with E-state index in [1.54, 1.807) is 0 Å². The van der Waals surface area contributed by atoms with Crippen LogP contribution in [0.4, 0.5) is 5.69 Å². The summed E-state index contributed by atoms with van der Waals surface area (Å²) < 4.78 is 0. The number of anilines is 1. The first-order chi connectivity index (χ1) is 7.89. The molecule has 0 unspecified atom stereocenters. The lowest BCUT2D eigenvalue weighted by Crippen LogP contribution is -2.44. The van der Waals surface area contributed by atoms with Crippen LogP contribution in [0.5, 0.6) is 0 Å². The van der Waals surface area contributed by atoms with Crippen molar-refractivity contribution >= 4 is 5.69 Å². The second-order valence-electron chi connectivity index (χ2n) is 5.14. The number of nitrogens with zero attached hydrogens (tertiary/aromatic N) is 1. The van der Waals surface area contributed by atoms with Gasteiger partial charge in [0.1, 0.15) is 0 Å². The van der Waals surface area contributed by atoms with Crippen LogP contribution in [0, 0.1) is 0 Å². The van der Waals surface area contributed by atoms with Gasteiger partial charge in [-0.15, -0.1) is 0 Å². The number of rotatable bonds is 3. The third-order valence-corrected chi connectivity index (χ3v) is 4.21. The summed E-state index contributed by atoms with van der Waals surface area (Å²) in [5.41, 5.74) is 1.74. The molecule has 3 rings (SSSR count). The van der Waals surface area contributed by atoms with E-state index in [1.165, 1.54) is 44.5 Å². The van der Waals surface area contributed by atoms with Crippen molar-refractivity contribution in [1.29, 1.82) is 0 Å². The van der Waals surface area contributed by atoms with Gasteiger partial charge in [0.2, 0.25) is 0 Å². The number of fused-ring (bicyclic) bond motifs is 1. The summed E-state index contributed by atoms with van der Waals surface area (Å²) in [6.45, 7) is 3.75. The van der Waals surface area contributed by atoms with E-state index < -0.39 is 0 Å². The fraction of sp³-hybridized carbons (Fsp3) is 0.571. The Balaban J connectivity index is 1.66. The Morgan fingerprint density at radius 3 is 2.44 bits per heavy atom. The Labute approximate surface area is 97.6 Å². The molecule has 1 aromatic carbocycles. The van der Waals surface area contributed by atoms with E-state index in [0.717, 1.165) is 6.54 Å². The highest BCUT2D eigenvalue weighted by Crippen LogP contribution is 2.38. The Morgan fingerprint density at radius 1 is 1.06 bits per heavy atom. The highest BCUT2D eigenvalue weighted by Gasteiger charge is 2.43. The van der Waals surface area contributed by atoms with Crippen LogP contribution in [0.25, 0.3) is 0 Å². The fourth-order valence-corrected chi connectivity index (χ4v) is 3.34. The normalized spacial score (nSPS) is 23.2. The maximum absolute atomic E-state index is 3.61. The molecular formula is C14H20N2. The van der Waals surface area contributed by atoms with Crippen LogP contribution in [0.15, 0.2) is 30.3 Å². The minimum atomic E-state index is 0.482. The van der Waals surface area contributed by atoms with Crippen molar-refractivity contribution in [1.82, 2.24) is 4.90 Å². The van der Waals surface area contributed by atoms with Gasteiger partial charge < -0.3 is 5.32 Å². The lowest BCUT2D eigenvalue weighted by molar-refractivity contribution is 0.209. The smallest absolute Gasteiger partial charge is 0.0382 e. The summed E-state index contributed by atoms with van der Waals surface area (Å²) in [5, 5.41) is 3.61. The van der Waals surface area contributed by atoms with Crippen molar-refractivity contribution in [3.8, 4) is 0 Å². The molecule has 1 aromatic rings. The van der Waals surface area contributed by atoms with Gasteiger partial charge in [-0.05, 0) is 50.9 Å². The molecule has 2 nitrogen and oxygen atoms in total. The zero-order valence-electron chi connectivity index (χ0n) is 9.78. The summed E-state index contributed by atoms with van der Waals surface area (Å²) in [6, 6.07) is 10.6. The van der Waals surface area contributed by atoms with Crippen molar-refractivity contribution in [3.63, 3.8) is 0 Å². The Hall–Kier alpha value is -1.02. The molecule has 2 saturated heterocycles. The maximum atomic E-state index is 3.61. The van der Waals surface area contributed by atoms with Crippen LogP contribution in [-0.4, -0.2) is 30.1 Å². The Morgan fingerprint density at radius 2 is 1.75 bits per heavy atom. The van der Waals surface area contributed by atoms with Gasteiger partial charge in [0, 0.05) is 17.8 Å². The predicted molar refractivity (Wildman–Crippen MR) is 67.7 cm³/mol. The van der Waals surface area contributed by atoms with E-state index in [4.69, 9.17) is 0 Å². The molecule has 2 fully saturated rings. The molecule has 86 valence electrons. The number of benzene rings is 1. The van der Waals surface area contributed by atoms with Crippen LogP contribution in [0.1, 0.15) is 25.7 Å². The second kappa shape index (κ2) is 4.10. The standard InChI is InChI=1S/C14H20N2/c1-2-6-13(7-3-1)15-12-14-8-4-10-16(14)11-5-9-14/h1-3,6-7,15H,4-5,8-12H2. The van der Waals surface area contributed by atoms with Gasteiger partial charge in [-0.1, -0.05) is 18.2 Å². The first kappa shape index (κ1) is 10.2. The molecule has 0 aliphatic carbocycles. The number of hydrogen-bond acceptors (Lipinski definition) is 2. The Bertz CT molecular complexity index is 337. The van der Waals surface area contributed by atoms with Crippen molar-refractivity contribution in [3.05, 3.63) is 30.3 Å². The fourth-order valence-electron chi connectivity index (χ4n) is 3.34. The van der Waals surface area contributed by atoms with Gasteiger partial charge in [-0.3, -0.25) is 4.90 Å². The van der Waals surface area contributed by atoms with Gasteiger partial charge in [-0.25, -0.2) is 0 Å². The average Bonchev–Trinajstić information content (AvgIpc) is 2.87. The van der Waals surface area contributed by atoms with Crippen molar-refractivity contribution in [2.75, 3.05) is 25.0 Å². The summed E-state index contributed by atoms with van der Waals surface area (Å²) >= 11 is 0. The molecule has 0 aromatic heterocycles. The van der Waals surface area contributed by atoms with Gasteiger partial charge >= 0.3 is 0 Å². The SMILES string of the molecule is c1ccc(NCC23CCCN2CCC3)cc1. The number of hydrogen-bond donors (Lipinski definition) is 1. The number of nitrogens with one attached hydrogen (secondary N) is 1. The van der Waals surface area contributed by atoms with Gasteiger partial charge in [-0.2, -0.15) is 0 Å². The van der Waals surface area contributed by atoms with E-state index >= 15 is 0 Å². The first-order valence-electron chi connectivity index (χ1n) is 6.43. The van der Waals surface area contributed by atoms with E-state index in [1.807, 2.05) is 0 Å². The summed E-state index contributed by atoms with van der Waals surface area (Å²) in [7, 11) is 0. The molecule has 2 heteroatoms. The summed E-state index contributed by atoms with van der Waals surface area (Å²) in [4.78, 5) is 2.70. The molecule has 2 aliphatic rings. The minimum Gasteiger partial charge on any atom is -0.383 e. The summed E-state index contributed by atoms with van der Waals surface area (Å²) in [6.07, 6.45) is 5.53. The van der Waals surface area contributed by atoms with Crippen LogP contribution in [-0.2, 0) is 0 Å². The minimum absolute atomic E-state index is 0.482. The van der Waals surface area contributed by atoms with Crippen LogP contribution >= 0.6 is 0 Å². The van der Waals surface area contributed by atoms with E-state index in [2.05, 4.69) is 40.5 Å². The third kappa shape index (κ3) is 1.71. The lowest BCUT2D eigenvalue weighted by Gasteiger charge is -2.32. The zero-order valence-corrected chi connectivity index (χ0v) is 9.78. The quantitative estimate of drug-likeness (QED) is 0.835.